The monoisotopic (exact) mass is 293 g/mol. The number of carbonyl (C=O) groups is 2. The van der Waals surface area contributed by atoms with Gasteiger partial charge in [-0.3, -0.25) is 9.69 Å². The molecule has 1 aromatic carbocycles. The number of rotatable bonds is 5. The lowest BCUT2D eigenvalue weighted by molar-refractivity contribution is -0.157. The molecule has 0 spiro atoms. The molecular weight excluding hydrogens is 274 g/mol. The molecule has 2 rings (SSSR count). The third kappa shape index (κ3) is 2.71. The lowest BCUT2D eigenvalue weighted by atomic mass is 9.82. The normalized spacial score (nSPS) is 22.5. The van der Waals surface area contributed by atoms with E-state index in [0.717, 1.165) is 0 Å². The van der Waals surface area contributed by atoms with E-state index in [-0.39, 0.29) is 12.5 Å². The zero-order valence-electron chi connectivity index (χ0n) is 12.3. The number of anilines is 1. The minimum absolute atomic E-state index is 0.229. The summed E-state index contributed by atoms with van der Waals surface area (Å²) in [5.74, 6) is -0.885. The van der Waals surface area contributed by atoms with Crippen molar-refractivity contribution in [2.24, 2.45) is 5.92 Å². The molecule has 3 atom stereocenters. The van der Waals surface area contributed by atoms with E-state index >= 15 is 0 Å². The summed E-state index contributed by atoms with van der Waals surface area (Å²) in [4.78, 5) is 25.6. The molecule has 1 amide bonds. The maximum absolute atomic E-state index is 12.2. The van der Waals surface area contributed by atoms with Crippen molar-refractivity contribution in [2.45, 2.75) is 26.0 Å². The number of hydrogen-bond donors (Lipinski definition) is 1. The summed E-state index contributed by atoms with van der Waals surface area (Å²) >= 11 is 0. The first-order valence-electron chi connectivity index (χ1n) is 6.83. The summed E-state index contributed by atoms with van der Waals surface area (Å²) in [6.07, 6.45) is -0.901. The Morgan fingerprint density at radius 1 is 1.38 bits per heavy atom. The number of benzene rings is 1. The maximum atomic E-state index is 12.2. The van der Waals surface area contributed by atoms with Gasteiger partial charge in [0.25, 0.3) is 0 Å². The van der Waals surface area contributed by atoms with Gasteiger partial charge in [0.05, 0.1) is 25.7 Å². The van der Waals surface area contributed by atoms with E-state index in [1.165, 1.54) is 11.8 Å². The van der Waals surface area contributed by atoms with Crippen LogP contribution in [0.15, 0.2) is 24.3 Å². The molecule has 6 nitrogen and oxygen atoms in total. The third-order valence-electron chi connectivity index (χ3n) is 3.54. The van der Waals surface area contributed by atoms with E-state index in [4.69, 9.17) is 9.47 Å². The van der Waals surface area contributed by atoms with Crippen molar-refractivity contribution in [1.29, 1.82) is 0 Å². The summed E-state index contributed by atoms with van der Waals surface area (Å²) in [6.45, 7) is 3.43. The molecule has 1 heterocycles. The van der Waals surface area contributed by atoms with Crippen molar-refractivity contribution < 1.29 is 24.2 Å². The average Bonchev–Trinajstić information content (AvgIpc) is 2.45. The zero-order chi connectivity index (χ0) is 15.6. The molecule has 1 fully saturated rings. The van der Waals surface area contributed by atoms with Crippen LogP contribution in [-0.4, -0.2) is 42.8 Å². The Morgan fingerprint density at radius 2 is 2.00 bits per heavy atom. The smallest absolute Gasteiger partial charge is 0.330 e. The Hall–Kier alpha value is -2.08. The Balaban J connectivity index is 2.27. The molecular formula is C15H19NO5. The fourth-order valence-electron chi connectivity index (χ4n) is 2.49. The Bertz CT molecular complexity index is 525. The predicted octanol–water partition coefficient (Wildman–Crippen LogP) is 0.970. The van der Waals surface area contributed by atoms with Crippen molar-refractivity contribution in [3.63, 3.8) is 0 Å². The molecule has 1 aliphatic heterocycles. The first-order chi connectivity index (χ1) is 10.0. The zero-order valence-corrected chi connectivity index (χ0v) is 12.3. The van der Waals surface area contributed by atoms with E-state index in [0.29, 0.717) is 11.4 Å². The van der Waals surface area contributed by atoms with Crippen LogP contribution in [-0.2, 0) is 14.3 Å². The molecule has 0 aromatic heterocycles. The Morgan fingerprint density at radius 3 is 2.48 bits per heavy atom. The molecule has 0 bridgehead atoms. The van der Waals surface area contributed by atoms with Gasteiger partial charge >= 0.3 is 5.97 Å². The summed E-state index contributed by atoms with van der Waals surface area (Å²) < 4.78 is 10.1. The third-order valence-corrected chi connectivity index (χ3v) is 3.54. The molecule has 0 saturated carbocycles. The van der Waals surface area contributed by atoms with E-state index < -0.39 is 24.0 Å². The molecule has 0 radical (unpaired) electrons. The Labute approximate surface area is 123 Å². The Kier molecular flexibility index (Phi) is 4.47. The number of ether oxygens (including phenoxy) is 2. The second kappa shape index (κ2) is 6.13. The largest absolute Gasteiger partial charge is 0.497 e. The van der Waals surface area contributed by atoms with Gasteiger partial charge in [0.1, 0.15) is 11.8 Å². The van der Waals surface area contributed by atoms with Gasteiger partial charge in [0.2, 0.25) is 5.91 Å². The van der Waals surface area contributed by atoms with Crippen molar-refractivity contribution in [2.75, 3.05) is 18.6 Å². The number of β-lactam (4-membered cyclic amide) rings is 1. The van der Waals surface area contributed by atoms with Gasteiger partial charge in [-0.2, -0.15) is 0 Å². The van der Waals surface area contributed by atoms with E-state index in [9.17, 15) is 14.7 Å². The van der Waals surface area contributed by atoms with Crippen LogP contribution in [0.4, 0.5) is 5.69 Å². The van der Waals surface area contributed by atoms with Crippen molar-refractivity contribution in [3.8, 4) is 5.75 Å². The van der Waals surface area contributed by atoms with Crippen molar-refractivity contribution >= 4 is 17.6 Å². The summed E-state index contributed by atoms with van der Waals surface area (Å²) in [7, 11) is 1.55. The number of esters is 1. The second-order valence-electron chi connectivity index (χ2n) is 4.87. The average molecular weight is 293 g/mol. The lowest BCUT2D eigenvalue weighted by Gasteiger charge is -2.46. The first kappa shape index (κ1) is 15.3. The number of aliphatic hydroxyl groups is 1. The van der Waals surface area contributed by atoms with Crippen molar-refractivity contribution in [1.82, 2.24) is 0 Å². The number of methoxy groups -OCH3 is 1. The van der Waals surface area contributed by atoms with E-state index in [1.807, 2.05) is 0 Å². The standard InChI is InChI=1S/C15H19NO5/c1-4-21-15(19)13-12(9(2)17)14(18)16(13)10-5-7-11(20-3)8-6-10/h5-9,12-13,17H,4H2,1-3H3/t9-,12-,13+/m1/s1. The van der Waals surface area contributed by atoms with Gasteiger partial charge in [-0.1, -0.05) is 0 Å². The second-order valence-corrected chi connectivity index (χ2v) is 4.87. The predicted molar refractivity (Wildman–Crippen MR) is 76.1 cm³/mol. The minimum atomic E-state index is -0.901. The fourth-order valence-corrected chi connectivity index (χ4v) is 2.49. The highest BCUT2D eigenvalue weighted by Gasteiger charge is 2.55. The molecule has 1 saturated heterocycles. The van der Waals surface area contributed by atoms with Crippen LogP contribution in [0.5, 0.6) is 5.75 Å². The molecule has 21 heavy (non-hydrogen) atoms. The molecule has 0 aliphatic carbocycles. The van der Waals surface area contributed by atoms with Gasteiger partial charge in [-0.15, -0.1) is 0 Å². The number of aliphatic hydroxyl groups excluding tert-OH is 1. The van der Waals surface area contributed by atoms with Crippen molar-refractivity contribution in [3.05, 3.63) is 24.3 Å². The van der Waals surface area contributed by atoms with Crippen LogP contribution in [0.25, 0.3) is 0 Å². The SMILES string of the molecule is CCOC(=O)[C@@H]1[C@@H]([C@@H](C)O)C(=O)N1c1ccc(OC)cc1. The topological polar surface area (TPSA) is 76.1 Å². The fraction of sp³-hybridized carbons (Fsp3) is 0.467. The number of carbonyl (C=O) groups excluding carboxylic acids is 2. The maximum Gasteiger partial charge on any atom is 0.330 e. The number of hydrogen-bond acceptors (Lipinski definition) is 5. The van der Waals surface area contributed by atoms with Crippen LogP contribution < -0.4 is 9.64 Å². The molecule has 6 heteroatoms. The van der Waals surface area contributed by atoms with Gasteiger partial charge in [0, 0.05) is 5.69 Å². The minimum Gasteiger partial charge on any atom is -0.497 e. The summed E-state index contributed by atoms with van der Waals surface area (Å²) in [5.41, 5.74) is 0.579. The number of amides is 1. The van der Waals surface area contributed by atoms with Gasteiger partial charge in [-0.25, -0.2) is 4.79 Å². The van der Waals surface area contributed by atoms with Crippen LogP contribution in [0, 0.1) is 5.92 Å². The summed E-state index contributed by atoms with van der Waals surface area (Å²) in [6, 6.07) is 6.02. The van der Waals surface area contributed by atoms with Gasteiger partial charge < -0.3 is 14.6 Å². The first-order valence-corrected chi connectivity index (χ1v) is 6.83. The highest BCUT2D eigenvalue weighted by molar-refractivity contribution is 6.11. The van der Waals surface area contributed by atoms with Crippen LogP contribution in [0.2, 0.25) is 0 Å². The molecule has 1 N–H and O–H groups in total. The van der Waals surface area contributed by atoms with E-state index in [2.05, 4.69) is 0 Å². The lowest BCUT2D eigenvalue weighted by Crippen LogP contribution is -2.68. The molecule has 114 valence electrons. The van der Waals surface area contributed by atoms with Gasteiger partial charge in [-0.05, 0) is 38.1 Å². The number of nitrogens with zero attached hydrogens (tertiary/aromatic N) is 1. The molecule has 0 unspecified atom stereocenters. The van der Waals surface area contributed by atoms with Crippen LogP contribution in [0.1, 0.15) is 13.8 Å². The van der Waals surface area contributed by atoms with E-state index in [1.54, 1.807) is 38.3 Å². The summed E-state index contributed by atoms with van der Waals surface area (Å²) in [5, 5.41) is 9.70. The molecule has 1 aromatic rings. The highest BCUT2D eigenvalue weighted by Crippen LogP contribution is 2.36. The quantitative estimate of drug-likeness (QED) is 0.646. The molecule has 1 aliphatic rings. The highest BCUT2D eigenvalue weighted by atomic mass is 16.5. The van der Waals surface area contributed by atoms with Gasteiger partial charge in [0.15, 0.2) is 0 Å². The van der Waals surface area contributed by atoms with Crippen LogP contribution >= 0.6 is 0 Å². The van der Waals surface area contributed by atoms with Crippen LogP contribution in [0.3, 0.4) is 0 Å².